The number of rotatable bonds is 4. The summed E-state index contributed by atoms with van der Waals surface area (Å²) in [7, 11) is -4.19. The van der Waals surface area contributed by atoms with E-state index in [9.17, 15) is 13.2 Å². The maximum absolute atomic E-state index is 12.0. The predicted octanol–water partition coefficient (Wildman–Crippen LogP) is 3.43. The van der Waals surface area contributed by atoms with E-state index in [-0.39, 0.29) is 10.5 Å². The molecule has 3 nitrogen and oxygen atoms in total. The van der Waals surface area contributed by atoms with Crippen molar-refractivity contribution in [1.29, 1.82) is 0 Å². The van der Waals surface area contributed by atoms with Crippen LogP contribution in [-0.2, 0) is 16.3 Å². The van der Waals surface area contributed by atoms with Crippen LogP contribution in [0.5, 0.6) is 0 Å². The molecule has 0 unspecified atom stereocenters. The number of carbonyl (C=O) groups is 1. The Balaban J connectivity index is 2.74. The molecule has 0 saturated carbocycles. The van der Waals surface area contributed by atoms with Gasteiger partial charge in [-0.3, -0.25) is 4.79 Å². The van der Waals surface area contributed by atoms with Crippen LogP contribution < -0.4 is 0 Å². The van der Waals surface area contributed by atoms with Crippen molar-refractivity contribution in [3.05, 3.63) is 46.2 Å². The summed E-state index contributed by atoms with van der Waals surface area (Å²) < 4.78 is 24.0. The first kappa shape index (κ1) is 15.4. The number of halogens is 1. The highest BCUT2D eigenvalue weighted by Crippen LogP contribution is 2.46. The maximum atomic E-state index is 12.0. The van der Waals surface area contributed by atoms with Gasteiger partial charge in [0.1, 0.15) is 0 Å². The first-order valence-corrected chi connectivity index (χ1v) is 9.79. The van der Waals surface area contributed by atoms with Crippen molar-refractivity contribution in [2.75, 3.05) is 6.26 Å². The highest BCUT2D eigenvalue weighted by atomic mass is 35.5. The standard InChI is InChI=1S/C14H15ClO3S2/c1-3-10-8-12(19-6-4-5-7-19)13(20(2,17)18)9-11(10)14(15)16/h4-9,19H,3H2,1-2H3. The lowest BCUT2D eigenvalue weighted by Gasteiger charge is -2.18. The molecule has 0 aliphatic carbocycles. The van der Waals surface area contributed by atoms with Gasteiger partial charge in [-0.05, 0) is 46.5 Å². The molecular formula is C14H15ClO3S2. The van der Waals surface area contributed by atoms with Crippen molar-refractivity contribution in [2.24, 2.45) is 0 Å². The molecule has 0 fully saturated rings. The van der Waals surface area contributed by atoms with Crippen molar-refractivity contribution in [2.45, 2.75) is 23.1 Å². The number of carbonyl (C=O) groups excluding carboxylic acids is 1. The van der Waals surface area contributed by atoms with Crippen LogP contribution in [-0.4, -0.2) is 19.9 Å². The lowest BCUT2D eigenvalue weighted by molar-refractivity contribution is 0.108. The number of sulfone groups is 1. The van der Waals surface area contributed by atoms with Gasteiger partial charge in [0.2, 0.25) is 0 Å². The highest BCUT2D eigenvalue weighted by Gasteiger charge is 2.21. The average molecular weight is 331 g/mol. The van der Waals surface area contributed by atoms with E-state index >= 15 is 0 Å². The molecule has 1 heterocycles. The quantitative estimate of drug-likeness (QED) is 0.679. The Morgan fingerprint density at radius 2 is 1.85 bits per heavy atom. The van der Waals surface area contributed by atoms with E-state index in [4.69, 9.17) is 11.6 Å². The number of benzene rings is 1. The van der Waals surface area contributed by atoms with Crippen LogP contribution in [0.3, 0.4) is 0 Å². The van der Waals surface area contributed by atoms with E-state index in [1.807, 2.05) is 29.9 Å². The van der Waals surface area contributed by atoms with Gasteiger partial charge in [0, 0.05) is 16.7 Å². The van der Waals surface area contributed by atoms with Crippen molar-refractivity contribution in [3.8, 4) is 0 Å². The number of hydrogen-bond acceptors (Lipinski definition) is 3. The summed E-state index contributed by atoms with van der Waals surface area (Å²) in [6.45, 7) is 1.91. The van der Waals surface area contributed by atoms with E-state index in [2.05, 4.69) is 0 Å². The summed E-state index contributed by atoms with van der Waals surface area (Å²) in [4.78, 5) is 12.4. The molecule has 0 bridgehead atoms. The molecule has 1 aliphatic heterocycles. The van der Waals surface area contributed by atoms with E-state index in [0.29, 0.717) is 6.42 Å². The van der Waals surface area contributed by atoms with Gasteiger partial charge in [-0.2, -0.15) is 10.9 Å². The van der Waals surface area contributed by atoms with Crippen LogP contribution in [0.2, 0.25) is 0 Å². The predicted molar refractivity (Wildman–Crippen MR) is 84.6 cm³/mol. The maximum Gasteiger partial charge on any atom is 0.252 e. The van der Waals surface area contributed by atoms with Crippen LogP contribution in [0.1, 0.15) is 22.8 Å². The minimum Gasteiger partial charge on any atom is -0.276 e. The van der Waals surface area contributed by atoms with Gasteiger partial charge in [-0.25, -0.2) is 8.42 Å². The van der Waals surface area contributed by atoms with Crippen molar-refractivity contribution < 1.29 is 13.2 Å². The molecule has 0 radical (unpaired) electrons. The molecule has 0 amide bonds. The zero-order chi connectivity index (χ0) is 14.9. The molecule has 0 aromatic heterocycles. The van der Waals surface area contributed by atoms with Gasteiger partial charge in [0.05, 0.1) is 4.90 Å². The fourth-order valence-corrected chi connectivity index (χ4v) is 5.46. The monoisotopic (exact) mass is 330 g/mol. The molecule has 1 aromatic carbocycles. The minimum atomic E-state index is -3.41. The largest absolute Gasteiger partial charge is 0.276 e. The number of allylic oxidation sites excluding steroid dienone is 2. The number of hydrogen-bond donors (Lipinski definition) is 1. The van der Waals surface area contributed by atoms with Crippen LogP contribution >= 0.6 is 22.5 Å². The van der Waals surface area contributed by atoms with E-state index < -0.39 is 26.0 Å². The average Bonchev–Trinajstić information content (AvgIpc) is 2.89. The Hall–Kier alpha value is -1.04. The van der Waals surface area contributed by atoms with Crippen LogP contribution in [0.4, 0.5) is 0 Å². The summed E-state index contributed by atoms with van der Waals surface area (Å²) in [5.41, 5.74) is 1.06. The van der Waals surface area contributed by atoms with Crippen molar-refractivity contribution in [1.82, 2.24) is 0 Å². The third-order valence-electron chi connectivity index (χ3n) is 3.06. The Morgan fingerprint density at radius 1 is 1.25 bits per heavy atom. The number of thiol groups is 1. The van der Waals surface area contributed by atoms with Gasteiger partial charge in [0.25, 0.3) is 5.24 Å². The lowest BCUT2D eigenvalue weighted by atomic mass is 10.1. The fourth-order valence-electron chi connectivity index (χ4n) is 2.08. The normalized spacial score (nSPS) is 15.8. The van der Waals surface area contributed by atoms with Gasteiger partial charge in [-0.1, -0.05) is 19.1 Å². The van der Waals surface area contributed by atoms with Gasteiger partial charge >= 0.3 is 0 Å². The van der Waals surface area contributed by atoms with Gasteiger partial charge in [0.15, 0.2) is 9.84 Å². The molecule has 1 aliphatic rings. The van der Waals surface area contributed by atoms with Crippen LogP contribution in [0, 0.1) is 0 Å². The Bertz CT molecular complexity index is 706. The summed E-state index contributed by atoms with van der Waals surface area (Å²) >= 11 is 5.56. The van der Waals surface area contributed by atoms with E-state index in [0.717, 1.165) is 16.7 Å². The zero-order valence-electron chi connectivity index (χ0n) is 11.1. The van der Waals surface area contributed by atoms with Gasteiger partial charge in [-0.15, -0.1) is 0 Å². The first-order valence-electron chi connectivity index (χ1n) is 6.04. The smallest absolute Gasteiger partial charge is 0.252 e. The molecule has 0 spiro atoms. The molecule has 0 atom stereocenters. The second kappa shape index (κ2) is 5.76. The lowest BCUT2D eigenvalue weighted by Crippen LogP contribution is -2.06. The molecular weight excluding hydrogens is 316 g/mol. The molecule has 20 heavy (non-hydrogen) atoms. The zero-order valence-corrected chi connectivity index (χ0v) is 13.6. The third-order valence-corrected chi connectivity index (χ3v) is 6.46. The number of aryl methyl sites for hydroxylation is 1. The van der Waals surface area contributed by atoms with Crippen LogP contribution in [0.15, 0.2) is 44.9 Å². The highest BCUT2D eigenvalue weighted by molar-refractivity contribution is 8.22. The molecule has 0 N–H and O–H groups in total. The summed E-state index contributed by atoms with van der Waals surface area (Å²) in [5, 5.41) is 3.35. The topological polar surface area (TPSA) is 51.2 Å². The summed E-state index contributed by atoms with van der Waals surface area (Å²) in [6.07, 6.45) is 5.59. The molecule has 108 valence electrons. The van der Waals surface area contributed by atoms with E-state index in [1.54, 1.807) is 6.07 Å². The van der Waals surface area contributed by atoms with Crippen molar-refractivity contribution in [3.63, 3.8) is 0 Å². The van der Waals surface area contributed by atoms with Gasteiger partial charge < -0.3 is 0 Å². The Kier molecular flexibility index (Phi) is 4.42. The summed E-state index contributed by atoms with van der Waals surface area (Å²) in [6, 6.07) is 3.22. The Morgan fingerprint density at radius 3 is 2.30 bits per heavy atom. The molecule has 1 aromatic rings. The SMILES string of the molecule is CCc1cc([SH]2C=CC=C2)c(S(C)(=O)=O)cc1C(=O)Cl. The fraction of sp³-hybridized carbons (Fsp3) is 0.214. The van der Waals surface area contributed by atoms with Crippen molar-refractivity contribution >= 4 is 37.6 Å². The molecule has 6 heteroatoms. The minimum absolute atomic E-state index is 0.195. The Labute approximate surface area is 126 Å². The first-order chi connectivity index (χ1) is 9.34. The van der Waals surface area contributed by atoms with Crippen LogP contribution in [0.25, 0.3) is 0 Å². The molecule has 0 saturated heterocycles. The molecule has 2 rings (SSSR count). The third kappa shape index (κ3) is 3.00. The second-order valence-corrected chi connectivity index (χ2v) is 8.69. The second-order valence-electron chi connectivity index (χ2n) is 4.47. The van der Waals surface area contributed by atoms with E-state index in [1.165, 1.54) is 6.07 Å². The summed E-state index contributed by atoms with van der Waals surface area (Å²) in [5.74, 6) is 0.